The van der Waals surface area contributed by atoms with E-state index in [9.17, 15) is 4.79 Å². The standard InChI is InChI=1S/C9H15NO2.ClH/c1-12-8-4-5-10(6-8)9(11)7-2-3-7;/h7-8H,2-6H2,1H3;1H/t8-;/m0./s1. The molecule has 2 aliphatic rings. The summed E-state index contributed by atoms with van der Waals surface area (Å²) < 4.78 is 5.20. The molecule has 13 heavy (non-hydrogen) atoms. The van der Waals surface area contributed by atoms with Crippen molar-refractivity contribution in [3.05, 3.63) is 0 Å². The lowest BCUT2D eigenvalue weighted by molar-refractivity contribution is -0.131. The van der Waals surface area contributed by atoms with E-state index >= 15 is 0 Å². The highest BCUT2D eigenvalue weighted by Gasteiger charge is 2.36. The average Bonchev–Trinajstić information content (AvgIpc) is 2.82. The normalized spacial score (nSPS) is 27.2. The van der Waals surface area contributed by atoms with Crippen molar-refractivity contribution in [1.82, 2.24) is 4.90 Å². The van der Waals surface area contributed by atoms with Gasteiger partial charge in [-0.15, -0.1) is 12.4 Å². The van der Waals surface area contributed by atoms with Crippen LogP contribution in [0.5, 0.6) is 0 Å². The van der Waals surface area contributed by atoms with Crippen LogP contribution in [-0.2, 0) is 9.53 Å². The summed E-state index contributed by atoms with van der Waals surface area (Å²) in [6.07, 6.45) is 3.50. The summed E-state index contributed by atoms with van der Waals surface area (Å²) in [4.78, 5) is 13.5. The Morgan fingerprint density at radius 1 is 1.38 bits per heavy atom. The van der Waals surface area contributed by atoms with Crippen molar-refractivity contribution >= 4 is 18.3 Å². The molecule has 2 fully saturated rings. The fourth-order valence-corrected chi connectivity index (χ4v) is 1.71. The van der Waals surface area contributed by atoms with Gasteiger partial charge in [0.2, 0.25) is 5.91 Å². The number of rotatable bonds is 2. The van der Waals surface area contributed by atoms with E-state index in [4.69, 9.17) is 4.74 Å². The van der Waals surface area contributed by atoms with Crippen molar-refractivity contribution in [3.8, 4) is 0 Å². The second-order valence-corrected chi connectivity index (χ2v) is 3.70. The van der Waals surface area contributed by atoms with E-state index in [0.29, 0.717) is 11.8 Å². The van der Waals surface area contributed by atoms with Gasteiger partial charge < -0.3 is 9.64 Å². The molecule has 0 aromatic carbocycles. The predicted octanol–water partition coefficient (Wildman–Crippen LogP) is 1.07. The average molecular weight is 206 g/mol. The van der Waals surface area contributed by atoms with Gasteiger partial charge >= 0.3 is 0 Å². The molecular weight excluding hydrogens is 190 g/mol. The molecule has 0 unspecified atom stereocenters. The molecule has 1 saturated heterocycles. The summed E-state index contributed by atoms with van der Waals surface area (Å²) >= 11 is 0. The number of methoxy groups -OCH3 is 1. The fraction of sp³-hybridized carbons (Fsp3) is 0.889. The minimum Gasteiger partial charge on any atom is -0.380 e. The molecule has 0 N–H and O–H groups in total. The van der Waals surface area contributed by atoms with Gasteiger partial charge in [0.25, 0.3) is 0 Å². The molecule has 4 heteroatoms. The molecule has 1 aliphatic carbocycles. The van der Waals surface area contributed by atoms with Crippen LogP contribution >= 0.6 is 12.4 Å². The molecule has 1 heterocycles. The molecule has 1 atom stereocenters. The minimum absolute atomic E-state index is 0. The van der Waals surface area contributed by atoms with Crippen LogP contribution < -0.4 is 0 Å². The molecule has 1 aliphatic heterocycles. The zero-order valence-electron chi connectivity index (χ0n) is 7.86. The van der Waals surface area contributed by atoms with Crippen LogP contribution in [0.2, 0.25) is 0 Å². The maximum Gasteiger partial charge on any atom is 0.225 e. The maximum absolute atomic E-state index is 11.5. The maximum atomic E-state index is 11.5. The number of carbonyl (C=O) groups is 1. The Balaban J connectivity index is 0.000000845. The summed E-state index contributed by atoms with van der Waals surface area (Å²) in [6, 6.07) is 0. The predicted molar refractivity (Wildman–Crippen MR) is 52.0 cm³/mol. The molecule has 2 rings (SSSR count). The highest BCUT2D eigenvalue weighted by Crippen LogP contribution is 2.32. The van der Waals surface area contributed by atoms with Crippen molar-refractivity contribution in [2.45, 2.75) is 25.4 Å². The van der Waals surface area contributed by atoms with E-state index in [2.05, 4.69) is 0 Å². The second-order valence-electron chi connectivity index (χ2n) is 3.70. The molecular formula is C9H16ClNO2. The summed E-state index contributed by atoms with van der Waals surface area (Å²) in [7, 11) is 1.72. The van der Waals surface area contributed by atoms with E-state index < -0.39 is 0 Å². The van der Waals surface area contributed by atoms with E-state index in [1.54, 1.807) is 7.11 Å². The quantitative estimate of drug-likeness (QED) is 0.675. The smallest absolute Gasteiger partial charge is 0.225 e. The van der Waals surface area contributed by atoms with Crippen LogP contribution in [0.25, 0.3) is 0 Å². The van der Waals surface area contributed by atoms with Gasteiger partial charge in [-0.1, -0.05) is 0 Å². The van der Waals surface area contributed by atoms with Crippen molar-refractivity contribution < 1.29 is 9.53 Å². The lowest BCUT2D eigenvalue weighted by Crippen LogP contribution is -2.31. The Hall–Kier alpha value is -0.280. The Labute approximate surface area is 84.8 Å². The van der Waals surface area contributed by atoms with Gasteiger partial charge in [-0.2, -0.15) is 0 Å². The summed E-state index contributed by atoms with van der Waals surface area (Å²) in [5.41, 5.74) is 0. The number of nitrogens with zero attached hydrogens (tertiary/aromatic N) is 1. The van der Waals surface area contributed by atoms with Crippen LogP contribution in [-0.4, -0.2) is 37.1 Å². The lowest BCUT2D eigenvalue weighted by Gasteiger charge is -2.15. The summed E-state index contributed by atoms with van der Waals surface area (Å²) in [5, 5.41) is 0. The van der Waals surface area contributed by atoms with Crippen molar-refractivity contribution in [2.24, 2.45) is 5.92 Å². The van der Waals surface area contributed by atoms with Crippen LogP contribution in [0, 0.1) is 5.92 Å². The fourth-order valence-electron chi connectivity index (χ4n) is 1.71. The summed E-state index contributed by atoms with van der Waals surface area (Å²) in [5.74, 6) is 0.718. The Bertz CT molecular complexity index is 194. The first kappa shape index (κ1) is 10.8. The van der Waals surface area contributed by atoms with Crippen LogP contribution in [0.1, 0.15) is 19.3 Å². The van der Waals surface area contributed by atoms with Crippen molar-refractivity contribution in [1.29, 1.82) is 0 Å². The van der Waals surface area contributed by atoms with E-state index in [1.165, 1.54) is 0 Å². The zero-order chi connectivity index (χ0) is 8.55. The SMILES string of the molecule is CO[C@H]1CCN(C(=O)C2CC2)C1.Cl. The Kier molecular flexibility index (Phi) is 3.56. The highest BCUT2D eigenvalue weighted by molar-refractivity contribution is 5.85. The molecule has 3 nitrogen and oxygen atoms in total. The molecule has 1 amide bonds. The lowest BCUT2D eigenvalue weighted by atomic mass is 10.3. The van der Waals surface area contributed by atoms with Gasteiger partial charge in [0, 0.05) is 26.1 Å². The van der Waals surface area contributed by atoms with Crippen molar-refractivity contribution in [3.63, 3.8) is 0 Å². The van der Waals surface area contributed by atoms with Crippen molar-refractivity contribution in [2.75, 3.05) is 20.2 Å². The third-order valence-electron chi connectivity index (χ3n) is 2.72. The zero-order valence-corrected chi connectivity index (χ0v) is 8.68. The molecule has 0 aromatic rings. The van der Waals surface area contributed by atoms with Gasteiger partial charge in [0.1, 0.15) is 0 Å². The Morgan fingerprint density at radius 2 is 2.08 bits per heavy atom. The van der Waals surface area contributed by atoms with Gasteiger partial charge in [-0.3, -0.25) is 4.79 Å². The second kappa shape index (κ2) is 4.29. The molecule has 0 aromatic heterocycles. The van der Waals surface area contributed by atoms with E-state index in [1.807, 2.05) is 4.90 Å². The topological polar surface area (TPSA) is 29.5 Å². The number of halogens is 1. The minimum atomic E-state index is 0. The van der Waals surface area contributed by atoms with Gasteiger partial charge in [-0.05, 0) is 19.3 Å². The third-order valence-corrected chi connectivity index (χ3v) is 2.72. The molecule has 0 bridgehead atoms. The highest BCUT2D eigenvalue weighted by atomic mass is 35.5. The largest absolute Gasteiger partial charge is 0.380 e. The van der Waals surface area contributed by atoms with Gasteiger partial charge in [0.15, 0.2) is 0 Å². The van der Waals surface area contributed by atoms with Crippen LogP contribution in [0.15, 0.2) is 0 Å². The third kappa shape index (κ3) is 2.35. The number of likely N-dealkylation sites (tertiary alicyclic amines) is 1. The van der Waals surface area contributed by atoms with Crippen LogP contribution in [0.3, 0.4) is 0 Å². The number of ether oxygens (including phenoxy) is 1. The van der Waals surface area contributed by atoms with Crippen LogP contribution in [0.4, 0.5) is 0 Å². The van der Waals surface area contributed by atoms with Gasteiger partial charge in [-0.25, -0.2) is 0 Å². The van der Waals surface area contributed by atoms with Gasteiger partial charge in [0.05, 0.1) is 6.10 Å². The first-order valence-corrected chi connectivity index (χ1v) is 4.63. The molecule has 76 valence electrons. The first-order valence-electron chi connectivity index (χ1n) is 4.63. The summed E-state index contributed by atoms with van der Waals surface area (Å²) in [6.45, 7) is 1.71. The molecule has 0 spiro atoms. The number of amides is 1. The molecule has 0 radical (unpaired) electrons. The number of carbonyl (C=O) groups excluding carboxylic acids is 1. The monoisotopic (exact) mass is 205 g/mol. The number of hydrogen-bond acceptors (Lipinski definition) is 2. The van der Waals surface area contributed by atoms with E-state index in [0.717, 1.165) is 32.4 Å². The molecule has 1 saturated carbocycles. The Morgan fingerprint density at radius 3 is 2.54 bits per heavy atom. The van der Waals surface area contributed by atoms with E-state index in [-0.39, 0.29) is 18.5 Å². The first-order chi connectivity index (χ1) is 5.81. The number of hydrogen-bond donors (Lipinski definition) is 0.